The van der Waals surface area contributed by atoms with Gasteiger partial charge in [0.2, 0.25) is 0 Å². The van der Waals surface area contributed by atoms with Crippen molar-refractivity contribution in [3.63, 3.8) is 0 Å². The number of nitrogens with one attached hydrogen (secondary N) is 1. The highest BCUT2D eigenvalue weighted by Crippen LogP contribution is 2.27. The first kappa shape index (κ1) is 17.2. The highest BCUT2D eigenvalue weighted by atomic mass is 32.1. The van der Waals surface area contributed by atoms with Gasteiger partial charge in [-0.3, -0.25) is 9.36 Å². The molecule has 5 nitrogen and oxygen atoms in total. The molecule has 7 heteroatoms. The van der Waals surface area contributed by atoms with E-state index in [9.17, 15) is 9.18 Å². The molecule has 3 rings (SSSR count). The molecule has 2 aromatic carbocycles. The Kier molecular flexibility index (Phi) is 4.85. The van der Waals surface area contributed by atoms with Crippen LogP contribution in [0.1, 0.15) is 5.56 Å². The summed E-state index contributed by atoms with van der Waals surface area (Å²) in [6.07, 6.45) is 0.568. The number of aromatic amines is 1. The predicted molar refractivity (Wildman–Crippen MR) is 96.6 cm³/mol. The van der Waals surface area contributed by atoms with Gasteiger partial charge in [0.05, 0.1) is 25.1 Å². The molecule has 0 unspecified atom stereocenters. The second-order valence-corrected chi connectivity index (χ2v) is 5.90. The van der Waals surface area contributed by atoms with E-state index in [1.54, 1.807) is 14.2 Å². The summed E-state index contributed by atoms with van der Waals surface area (Å²) in [6, 6.07) is 9.60. The monoisotopic (exact) mass is 360 g/mol. The molecule has 0 radical (unpaired) electrons. The zero-order valence-corrected chi connectivity index (χ0v) is 14.7. The van der Waals surface area contributed by atoms with E-state index < -0.39 is 5.82 Å². The summed E-state index contributed by atoms with van der Waals surface area (Å²) in [5.74, 6) is 0.807. The zero-order chi connectivity index (χ0) is 18.0. The lowest BCUT2D eigenvalue weighted by Crippen LogP contribution is -2.23. The Labute approximate surface area is 148 Å². The Morgan fingerprint density at radius 1 is 1.12 bits per heavy atom. The summed E-state index contributed by atoms with van der Waals surface area (Å²) in [5, 5.41) is 0.279. The minimum Gasteiger partial charge on any atom is -0.493 e. The standard InChI is InChI=1S/C18H17FN2O3S/c1-23-15-6-3-11(9-16(15)24-2)7-8-21-17(22)13-10-12(19)4-5-14(13)20-18(21)25/h3-6,9-10H,7-8H2,1-2H3,(H,20,25). The van der Waals surface area contributed by atoms with Crippen molar-refractivity contribution in [1.29, 1.82) is 0 Å². The molecule has 0 saturated heterocycles. The van der Waals surface area contributed by atoms with Crippen molar-refractivity contribution in [2.24, 2.45) is 0 Å². The highest BCUT2D eigenvalue weighted by molar-refractivity contribution is 7.71. The smallest absolute Gasteiger partial charge is 0.262 e. The molecule has 130 valence electrons. The topological polar surface area (TPSA) is 56.2 Å². The van der Waals surface area contributed by atoms with Gasteiger partial charge in [-0.05, 0) is 54.5 Å². The Morgan fingerprint density at radius 2 is 1.88 bits per heavy atom. The molecular formula is C18H17FN2O3S. The fourth-order valence-electron chi connectivity index (χ4n) is 2.70. The van der Waals surface area contributed by atoms with Gasteiger partial charge in [0.25, 0.3) is 5.56 Å². The van der Waals surface area contributed by atoms with Crippen molar-refractivity contribution in [2.75, 3.05) is 14.2 Å². The van der Waals surface area contributed by atoms with E-state index >= 15 is 0 Å². The summed E-state index contributed by atoms with van der Waals surface area (Å²) < 4.78 is 25.7. The van der Waals surface area contributed by atoms with Gasteiger partial charge >= 0.3 is 0 Å². The van der Waals surface area contributed by atoms with Crippen LogP contribution in [0.2, 0.25) is 0 Å². The molecule has 25 heavy (non-hydrogen) atoms. The molecule has 0 aliphatic rings. The van der Waals surface area contributed by atoms with E-state index in [0.717, 1.165) is 5.56 Å². The largest absolute Gasteiger partial charge is 0.493 e. The highest BCUT2D eigenvalue weighted by Gasteiger charge is 2.09. The van der Waals surface area contributed by atoms with Crippen molar-refractivity contribution in [1.82, 2.24) is 9.55 Å². The van der Waals surface area contributed by atoms with Gasteiger partial charge in [-0.25, -0.2) is 4.39 Å². The number of methoxy groups -OCH3 is 2. The number of aryl methyl sites for hydroxylation is 1. The Balaban J connectivity index is 1.94. The minimum atomic E-state index is -0.457. The normalized spacial score (nSPS) is 10.8. The van der Waals surface area contributed by atoms with E-state index in [0.29, 0.717) is 34.8 Å². The van der Waals surface area contributed by atoms with Crippen molar-refractivity contribution in [3.8, 4) is 11.5 Å². The number of nitrogens with zero attached hydrogens (tertiary/aromatic N) is 1. The van der Waals surface area contributed by atoms with Crippen LogP contribution in [0.25, 0.3) is 10.9 Å². The number of fused-ring (bicyclic) bond motifs is 1. The van der Waals surface area contributed by atoms with Gasteiger partial charge in [-0.2, -0.15) is 0 Å². The molecule has 1 N–H and O–H groups in total. The van der Waals surface area contributed by atoms with Crippen molar-refractivity contribution < 1.29 is 13.9 Å². The summed E-state index contributed by atoms with van der Waals surface area (Å²) in [6.45, 7) is 0.371. The van der Waals surface area contributed by atoms with Gasteiger partial charge in [0.1, 0.15) is 5.82 Å². The quantitative estimate of drug-likeness (QED) is 0.708. The number of H-pyrrole nitrogens is 1. The third-order valence-corrected chi connectivity index (χ3v) is 4.34. The van der Waals surface area contributed by atoms with Crippen LogP contribution in [-0.2, 0) is 13.0 Å². The van der Waals surface area contributed by atoms with Gasteiger partial charge in [0, 0.05) is 6.54 Å². The Morgan fingerprint density at radius 3 is 2.60 bits per heavy atom. The van der Waals surface area contributed by atoms with E-state index in [4.69, 9.17) is 21.7 Å². The fourth-order valence-corrected chi connectivity index (χ4v) is 2.99. The molecule has 0 fully saturated rings. The average molecular weight is 360 g/mol. The number of aromatic nitrogens is 2. The number of halogens is 1. The fraction of sp³-hybridized carbons (Fsp3) is 0.222. The molecule has 1 aromatic heterocycles. The van der Waals surface area contributed by atoms with Crippen LogP contribution in [0.4, 0.5) is 4.39 Å². The van der Waals surface area contributed by atoms with Crippen LogP contribution >= 0.6 is 12.2 Å². The maximum atomic E-state index is 13.4. The lowest BCUT2D eigenvalue weighted by Gasteiger charge is -2.11. The molecule has 3 aromatic rings. The maximum absolute atomic E-state index is 13.4. The van der Waals surface area contributed by atoms with E-state index in [2.05, 4.69) is 4.98 Å². The van der Waals surface area contributed by atoms with E-state index in [1.165, 1.54) is 22.8 Å². The number of benzene rings is 2. The number of hydrogen-bond donors (Lipinski definition) is 1. The Hall–Kier alpha value is -2.67. The third-order valence-electron chi connectivity index (χ3n) is 4.02. The van der Waals surface area contributed by atoms with Crippen LogP contribution < -0.4 is 15.0 Å². The van der Waals surface area contributed by atoms with Crippen LogP contribution in [0, 0.1) is 10.6 Å². The van der Waals surface area contributed by atoms with Crippen LogP contribution in [0.5, 0.6) is 11.5 Å². The van der Waals surface area contributed by atoms with Gasteiger partial charge in [-0.1, -0.05) is 6.07 Å². The molecule has 0 spiro atoms. The first-order valence-corrected chi connectivity index (χ1v) is 8.07. The maximum Gasteiger partial charge on any atom is 0.262 e. The van der Waals surface area contributed by atoms with Gasteiger partial charge in [0.15, 0.2) is 16.3 Å². The lowest BCUT2D eigenvalue weighted by molar-refractivity contribution is 0.354. The summed E-state index contributed by atoms with van der Waals surface area (Å²) in [7, 11) is 3.14. The molecular weight excluding hydrogens is 343 g/mol. The first-order chi connectivity index (χ1) is 12.0. The number of rotatable bonds is 5. The van der Waals surface area contributed by atoms with Crippen molar-refractivity contribution in [2.45, 2.75) is 13.0 Å². The molecule has 0 atom stereocenters. The SMILES string of the molecule is COc1ccc(CCn2c(=S)[nH]c3ccc(F)cc3c2=O)cc1OC. The van der Waals surface area contributed by atoms with Crippen molar-refractivity contribution in [3.05, 3.63) is 62.9 Å². The predicted octanol–water partition coefficient (Wildman–Crippen LogP) is 3.46. The molecule has 0 amide bonds. The molecule has 0 aliphatic carbocycles. The third kappa shape index (κ3) is 3.41. The van der Waals surface area contributed by atoms with Gasteiger partial charge < -0.3 is 14.5 Å². The van der Waals surface area contributed by atoms with Crippen LogP contribution in [0.3, 0.4) is 0 Å². The first-order valence-electron chi connectivity index (χ1n) is 7.67. The molecule has 1 heterocycles. The van der Waals surface area contributed by atoms with Crippen LogP contribution in [0.15, 0.2) is 41.2 Å². The van der Waals surface area contributed by atoms with Crippen molar-refractivity contribution >= 4 is 23.1 Å². The average Bonchev–Trinajstić information content (AvgIpc) is 2.62. The van der Waals surface area contributed by atoms with E-state index in [-0.39, 0.29) is 10.9 Å². The lowest BCUT2D eigenvalue weighted by atomic mass is 10.1. The second-order valence-electron chi connectivity index (χ2n) is 5.52. The zero-order valence-electron chi connectivity index (χ0n) is 13.8. The number of ether oxygens (including phenoxy) is 2. The van der Waals surface area contributed by atoms with Crippen LogP contribution in [-0.4, -0.2) is 23.8 Å². The summed E-state index contributed by atoms with van der Waals surface area (Å²) >= 11 is 5.27. The minimum absolute atomic E-state index is 0.279. The van der Waals surface area contributed by atoms with E-state index in [1.807, 2.05) is 18.2 Å². The molecule has 0 saturated carbocycles. The summed E-state index contributed by atoms with van der Waals surface area (Å²) in [4.78, 5) is 15.6. The molecule has 0 bridgehead atoms. The van der Waals surface area contributed by atoms with Gasteiger partial charge in [-0.15, -0.1) is 0 Å². The Bertz CT molecular complexity index is 1040. The second kappa shape index (κ2) is 7.06. The summed E-state index contributed by atoms with van der Waals surface area (Å²) in [5.41, 5.74) is 1.19. The number of hydrogen-bond acceptors (Lipinski definition) is 4. The molecule has 0 aliphatic heterocycles.